The lowest BCUT2D eigenvalue weighted by molar-refractivity contribution is 0.0617. The van der Waals surface area contributed by atoms with E-state index < -0.39 is 27.0 Å². The molecule has 8 heteroatoms. The zero-order valence-electron chi connectivity index (χ0n) is 31.6. The summed E-state index contributed by atoms with van der Waals surface area (Å²) in [6, 6.07) is 3.15. The van der Waals surface area contributed by atoms with Crippen molar-refractivity contribution in [3.63, 3.8) is 0 Å². The summed E-state index contributed by atoms with van der Waals surface area (Å²) >= 11 is 0. The van der Waals surface area contributed by atoms with Crippen LogP contribution in [0.15, 0.2) is 47.8 Å². The van der Waals surface area contributed by atoms with E-state index in [1.807, 2.05) is 0 Å². The van der Waals surface area contributed by atoms with Gasteiger partial charge in [-0.15, -0.1) is 0 Å². The highest BCUT2D eigenvalue weighted by atomic mass is 32.2. The van der Waals surface area contributed by atoms with Gasteiger partial charge in [0.1, 0.15) is 0 Å². The highest BCUT2D eigenvalue weighted by Crippen LogP contribution is 2.20. The zero-order chi connectivity index (χ0) is 36.5. The lowest BCUT2D eigenvalue weighted by Crippen LogP contribution is -2.13. The van der Waals surface area contributed by atoms with Gasteiger partial charge in [0.15, 0.2) is 0 Å². The molecule has 1 aromatic rings. The second-order valence-electron chi connectivity index (χ2n) is 13.8. The zero-order valence-corrected chi connectivity index (χ0v) is 32.5. The fraction of sp³-hybridized carbons (Fsp3) is 0.714. The predicted octanol–water partition coefficient (Wildman–Crippen LogP) is 13.2. The van der Waals surface area contributed by atoms with Gasteiger partial charge < -0.3 is 9.47 Å². The number of esters is 2. The van der Waals surface area contributed by atoms with Gasteiger partial charge in [-0.3, -0.25) is 4.55 Å². The minimum absolute atomic E-state index is 0.141. The quantitative estimate of drug-likeness (QED) is 0.0333. The van der Waals surface area contributed by atoms with Crippen LogP contribution in [0.25, 0.3) is 0 Å². The van der Waals surface area contributed by atoms with Gasteiger partial charge in [0.25, 0.3) is 10.1 Å². The summed E-state index contributed by atoms with van der Waals surface area (Å²) in [5, 5.41) is 0. The van der Waals surface area contributed by atoms with E-state index in [0.717, 1.165) is 56.7 Å². The van der Waals surface area contributed by atoms with Crippen molar-refractivity contribution in [2.24, 2.45) is 0 Å². The fourth-order valence-corrected chi connectivity index (χ4v) is 6.58. The Morgan fingerprint density at radius 2 is 0.840 bits per heavy atom. The van der Waals surface area contributed by atoms with E-state index in [4.69, 9.17) is 9.47 Å². The van der Waals surface area contributed by atoms with E-state index in [1.54, 1.807) is 12.2 Å². The maximum Gasteiger partial charge on any atom is 0.343 e. The van der Waals surface area contributed by atoms with Gasteiger partial charge in [0.05, 0.1) is 28.5 Å². The molecule has 0 saturated carbocycles. The van der Waals surface area contributed by atoms with Gasteiger partial charge in [-0.2, -0.15) is 8.42 Å². The van der Waals surface area contributed by atoms with Crippen molar-refractivity contribution in [3.8, 4) is 0 Å². The Hall–Kier alpha value is -2.45. The van der Waals surface area contributed by atoms with Crippen LogP contribution in [-0.4, -0.2) is 24.9 Å². The van der Waals surface area contributed by atoms with E-state index in [2.05, 4.69) is 13.8 Å². The van der Waals surface area contributed by atoms with Crippen LogP contribution in [0.2, 0.25) is 0 Å². The molecule has 0 aromatic heterocycles. The number of unbranched alkanes of at least 4 members (excludes halogenated alkanes) is 26. The number of carbonyl (C=O) groups excluding carboxylic acids is 2. The third kappa shape index (κ3) is 24.7. The highest BCUT2D eigenvalue weighted by molar-refractivity contribution is 7.85. The molecule has 0 aliphatic heterocycles. The third-order valence-electron chi connectivity index (χ3n) is 9.22. The Morgan fingerprint density at radius 1 is 0.520 bits per heavy atom. The van der Waals surface area contributed by atoms with Crippen LogP contribution in [-0.2, 0) is 19.6 Å². The molecule has 1 rings (SSSR count). The smallest absolute Gasteiger partial charge is 0.343 e. The summed E-state index contributed by atoms with van der Waals surface area (Å²) in [7, 11) is -4.59. The Balaban J connectivity index is 2.33. The average molecular weight is 719 g/mol. The van der Waals surface area contributed by atoms with Crippen molar-refractivity contribution >= 4 is 22.1 Å². The van der Waals surface area contributed by atoms with Crippen molar-refractivity contribution in [1.29, 1.82) is 0 Å². The summed E-state index contributed by atoms with van der Waals surface area (Å²) in [6.07, 6.45) is 40.9. The number of ether oxygens (including phenoxy) is 2. The SMILES string of the molecule is CCCCCCCCCCCCCCC/C=C/OC(=O)c1ccc(S(=O)(=O)O)cc1C(=O)O/C=C/CCCCCCCCCCCCCCC. The molecule has 0 aliphatic carbocycles. The molecule has 0 atom stereocenters. The van der Waals surface area contributed by atoms with E-state index in [9.17, 15) is 22.6 Å². The predicted molar refractivity (Wildman–Crippen MR) is 206 cm³/mol. The molecule has 286 valence electrons. The van der Waals surface area contributed by atoms with Crippen LogP contribution < -0.4 is 0 Å². The number of benzene rings is 1. The second kappa shape index (κ2) is 31.3. The number of hydrogen-bond donors (Lipinski definition) is 1. The Morgan fingerprint density at radius 3 is 1.18 bits per heavy atom. The molecular formula is C42H70O7S. The van der Waals surface area contributed by atoms with Crippen molar-refractivity contribution in [2.75, 3.05) is 0 Å². The van der Waals surface area contributed by atoms with Crippen LogP contribution in [0, 0.1) is 0 Å². The molecule has 0 unspecified atom stereocenters. The molecule has 0 fully saturated rings. The molecule has 0 bridgehead atoms. The Bertz CT molecular complexity index is 1170. The lowest BCUT2D eigenvalue weighted by atomic mass is 10.0. The fourth-order valence-electron chi connectivity index (χ4n) is 6.07. The van der Waals surface area contributed by atoms with Crippen LogP contribution in [0.3, 0.4) is 0 Å². The largest absolute Gasteiger partial charge is 0.431 e. The molecule has 0 aliphatic rings. The topological polar surface area (TPSA) is 107 Å². The minimum Gasteiger partial charge on any atom is -0.431 e. The molecular weight excluding hydrogens is 649 g/mol. The van der Waals surface area contributed by atoms with Crippen LogP contribution >= 0.6 is 0 Å². The molecule has 1 aromatic carbocycles. The summed E-state index contributed by atoms with van der Waals surface area (Å²) in [5.41, 5.74) is -0.432. The first-order valence-corrected chi connectivity index (χ1v) is 21.6. The molecule has 0 heterocycles. The first-order valence-electron chi connectivity index (χ1n) is 20.1. The van der Waals surface area contributed by atoms with Crippen molar-refractivity contribution in [1.82, 2.24) is 0 Å². The van der Waals surface area contributed by atoms with Crippen molar-refractivity contribution in [3.05, 3.63) is 54.0 Å². The first-order chi connectivity index (χ1) is 24.3. The molecule has 7 nitrogen and oxygen atoms in total. The van der Waals surface area contributed by atoms with E-state index in [-0.39, 0.29) is 11.1 Å². The Kier molecular flexibility index (Phi) is 28.5. The van der Waals surface area contributed by atoms with Gasteiger partial charge in [-0.25, -0.2) is 9.59 Å². The minimum atomic E-state index is -4.59. The first kappa shape index (κ1) is 45.6. The van der Waals surface area contributed by atoms with Crippen molar-refractivity contribution in [2.45, 2.75) is 199 Å². The normalized spacial score (nSPS) is 11.9. The monoisotopic (exact) mass is 718 g/mol. The number of carbonyl (C=O) groups is 2. The van der Waals surface area contributed by atoms with E-state index in [0.29, 0.717) is 0 Å². The summed E-state index contributed by atoms with van der Waals surface area (Å²) in [5.74, 6) is -1.71. The second-order valence-corrected chi connectivity index (χ2v) is 15.2. The van der Waals surface area contributed by atoms with Gasteiger partial charge in [-0.1, -0.05) is 168 Å². The summed E-state index contributed by atoms with van der Waals surface area (Å²) in [6.45, 7) is 4.50. The molecule has 50 heavy (non-hydrogen) atoms. The number of hydrogen-bond acceptors (Lipinski definition) is 6. The van der Waals surface area contributed by atoms with Crippen LogP contribution in [0.5, 0.6) is 0 Å². The number of rotatable bonds is 33. The van der Waals surface area contributed by atoms with E-state index >= 15 is 0 Å². The molecule has 0 amide bonds. The third-order valence-corrected chi connectivity index (χ3v) is 10.1. The molecule has 0 saturated heterocycles. The van der Waals surface area contributed by atoms with Gasteiger partial charge >= 0.3 is 11.9 Å². The summed E-state index contributed by atoms with van der Waals surface area (Å²) < 4.78 is 43.3. The lowest BCUT2D eigenvalue weighted by Gasteiger charge is -2.08. The van der Waals surface area contributed by atoms with Gasteiger partial charge in [0.2, 0.25) is 0 Å². The maximum atomic E-state index is 12.8. The standard InChI is InChI=1S/C42H70O7S/c1-3-5-7-9-11-13-15-17-19-21-23-25-27-29-31-35-48-41(43)39-34-33-38(50(45,46)47)37-40(39)42(44)49-36-32-30-28-26-24-22-20-18-16-14-12-10-8-6-4-2/h31-37H,3-30H2,1-2H3,(H,45,46,47)/b35-31+,36-32+. The molecule has 1 N–H and O–H groups in total. The van der Waals surface area contributed by atoms with Crippen LogP contribution in [0.4, 0.5) is 0 Å². The van der Waals surface area contributed by atoms with Crippen molar-refractivity contribution < 1.29 is 32.0 Å². The van der Waals surface area contributed by atoms with Gasteiger partial charge in [-0.05, 0) is 56.0 Å². The average Bonchev–Trinajstić information content (AvgIpc) is 3.10. The van der Waals surface area contributed by atoms with E-state index in [1.165, 1.54) is 154 Å². The van der Waals surface area contributed by atoms with Gasteiger partial charge in [0, 0.05) is 0 Å². The number of allylic oxidation sites excluding steroid dienone is 2. The highest BCUT2D eigenvalue weighted by Gasteiger charge is 2.22. The molecule has 0 spiro atoms. The Labute approximate surface area is 305 Å². The summed E-state index contributed by atoms with van der Waals surface area (Å²) in [4.78, 5) is 25.1. The molecule has 0 radical (unpaired) electrons. The maximum absolute atomic E-state index is 12.8. The van der Waals surface area contributed by atoms with Crippen LogP contribution in [0.1, 0.15) is 214 Å².